The zero-order valence-electron chi connectivity index (χ0n) is 18.2. The lowest BCUT2D eigenvalue weighted by Crippen LogP contribution is -2.50. The van der Waals surface area contributed by atoms with E-state index in [1.807, 2.05) is 31.2 Å². The average molecular weight is 409 g/mol. The lowest BCUT2D eigenvalue weighted by molar-refractivity contribution is -0.125. The molecule has 0 aliphatic carbocycles. The molecular formula is C24H32N4O2. The first-order chi connectivity index (χ1) is 14.5. The van der Waals surface area contributed by atoms with Crippen LogP contribution in [-0.4, -0.2) is 56.0 Å². The normalized spacial score (nSPS) is 14.4. The SMILES string of the molecule is CCc1ccccc1NC(=O)CNC(=O)CN1CCN(c2cccc(C)c2C)CC1. The Morgan fingerprint density at radius 2 is 1.67 bits per heavy atom. The smallest absolute Gasteiger partial charge is 0.243 e. The van der Waals surface area contributed by atoms with E-state index in [0.717, 1.165) is 43.9 Å². The molecule has 0 aromatic heterocycles. The van der Waals surface area contributed by atoms with Crippen molar-refractivity contribution in [1.29, 1.82) is 0 Å². The number of carbonyl (C=O) groups excluding carboxylic acids is 2. The molecule has 2 aromatic carbocycles. The molecule has 1 fully saturated rings. The van der Waals surface area contributed by atoms with Crippen molar-refractivity contribution in [2.45, 2.75) is 27.2 Å². The van der Waals surface area contributed by atoms with Gasteiger partial charge in [-0.1, -0.05) is 37.3 Å². The predicted molar refractivity (Wildman–Crippen MR) is 122 cm³/mol. The third kappa shape index (κ3) is 5.60. The van der Waals surface area contributed by atoms with Crippen LogP contribution >= 0.6 is 0 Å². The Kier molecular flexibility index (Phi) is 7.46. The Hall–Kier alpha value is -2.86. The molecule has 6 nitrogen and oxygen atoms in total. The molecule has 6 heteroatoms. The van der Waals surface area contributed by atoms with E-state index in [1.54, 1.807) is 0 Å². The highest BCUT2D eigenvalue weighted by molar-refractivity contribution is 5.95. The zero-order valence-corrected chi connectivity index (χ0v) is 18.2. The fraction of sp³-hybridized carbons (Fsp3) is 0.417. The summed E-state index contributed by atoms with van der Waals surface area (Å²) in [7, 11) is 0. The first-order valence-corrected chi connectivity index (χ1v) is 10.7. The first kappa shape index (κ1) is 21.8. The van der Waals surface area contributed by atoms with Gasteiger partial charge in [0.05, 0.1) is 13.1 Å². The Morgan fingerprint density at radius 3 is 2.40 bits per heavy atom. The largest absolute Gasteiger partial charge is 0.369 e. The van der Waals surface area contributed by atoms with Crippen LogP contribution in [0.4, 0.5) is 11.4 Å². The summed E-state index contributed by atoms with van der Waals surface area (Å²) in [6.07, 6.45) is 0.844. The monoisotopic (exact) mass is 408 g/mol. The number of hydrogen-bond donors (Lipinski definition) is 2. The van der Waals surface area contributed by atoms with Gasteiger partial charge in [0, 0.05) is 37.6 Å². The van der Waals surface area contributed by atoms with Crippen molar-refractivity contribution < 1.29 is 9.59 Å². The molecule has 160 valence electrons. The number of amides is 2. The maximum absolute atomic E-state index is 12.3. The molecule has 0 spiro atoms. The van der Waals surface area contributed by atoms with Gasteiger partial charge in [-0.25, -0.2) is 0 Å². The molecule has 1 heterocycles. The van der Waals surface area contributed by atoms with Gasteiger partial charge in [0.1, 0.15) is 0 Å². The highest BCUT2D eigenvalue weighted by Gasteiger charge is 2.20. The molecule has 2 aromatic rings. The van der Waals surface area contributed by atoms with E-state index in [-0.39, 0.29) is 18.4 Å². The number of nitrogens with zero attached hydrogens (tertiary/aromatic N) is 2. The summed E-state index contributed by atoms with van der Waals surface area (Å²) < 4.78 is 0. The molecule has 1 aliphatic rings. The lowest BCUT2D eigenvalue weighted by atomic mass is 10.1. The van der Waals surface area contributed by atoms with Crippen LogP contribution in [0.25, 0.3) is 0 Å². The number of para-hydroxylation sites is 1. The van der Waals surface area contributed by atoms with Crippen LogP contribution in [0.3, 0.4) is 0 Å². The fourth-order valence-electron chi connectivity index (χ4n) is 3.81. The maximum atomic E-state index is 12.3. The minimum atomic E-state index is -0.205. The van der Waals surface area contributed by atoms with Crippen molar-refractivity contribution in [1.82, 2.24) is 10.2 Å². The number of nitrogens with one attached hydrogen (secondary N) is 2. The van der Waals surface area contributed by atoms with Gasteiger partial charge in [-0.15, -0.1) is 0 Å². The molecule has 3 rings (SSSR count). The summed E-state index contributed by atoms with van der Waals surface area (Å²) in [5.41, 5.74) is 5.79. The third-order valence-electron chi connectivity index (χ3n) is 5.77. The van der Waals surface area contributed by atoms with Crippen LogP contribution in [0.5, 0.6) is 0 Å². The van der Waals surface area contributed by atoms with Crippen LogP contribution in [0, 0.1) is 13.8 Å². The van der Waals surface area contributed by atoms with Crippen molar-refractivity contribution in [2.75, 3.05) is 49.5 Å². The van der Waals surface area contributed by atoms with Gasteiger partial charge >= 0.3 is 0 Å². The quantitative estimate of drug-likeness (QED) is 0.739. The van der Waals surface area contributed by atoms with Gasteiger partial charge in [-0.2, -0.15) is 0 Å². The number of hydrogen-bond acceptors (Lipinski definition) is 4. The Balaban J connectivity index is 1.42. The predicted octanol–water partition coefficient (Wildman–Crippen LogP) is 2.74. The highest BCUT2D eigenvalue weighted by atomic mass is 16.2. The highest BCUT2D eigenvalue weighted by Crippen LogP contribution is 2.23. The van der Waals surface area contributed by atoms with E-state index in [1.165, 1.54) is 16.8 Å². The summed E-state index contributed by atoms with van der Waals surface area (Å²) in [5.74, 6) is -0.321. The van der Waals surface area contributed by atoms with Crippen LogP contribution in [-0.2, 0) is 16.0 Å². The number of rotatable bonds is 7. The number of anilines is 2. The number of piperazine rings is 1. The second-order valence-corrected chi connectivity index (χ2v) is 7.82. The minimum absolute atomic E-state index is 0.0145. The second-order valence-electron chi connectivity index (χ2n) is 7.82. The summed E-state index contributed by atoms with van der Waals surface area (Å²) in [5, 5.41) is 5.62. The number of carbonyl (C=O) groups is 2. The fourth-order valence-corrected chi connectivity index (χ4v) is 3.81. The molecule has 0 saturated carbocycles. The van der Waals surface area contributed by atoms with E-state index in [0.29, 0.717) is 6.54 Å². The Labute approximate surface area is 179 Å². The van der Waals surface area contributed by atoms with Crippen LogP contribution in [0.2, 0.25) is 0 Å². The summed E-state index contributed by atoms with van der Waals surface area (Å²) in [6, 6.07) is 14.1. The first-order valence-electron chi connectivity index (χ1n) is 10.7. The lowest BCUT2D eigenvalue weighted by Gasteiger charge is -2.36. The van der Waals surface area contributed by atoms with Gasteiger partial charge in [0.25, 0.3) is 0 Å². The van der Waals surface area contributed by atoms with Crippen molar-refractivity contribution in [3.8, 4) is 0 Å². The standard InChI is InChI=1S/C24H32N4O2/c1-4-20-9-5-6-10-21(20)26-23(29)16-25-24(30)17-27-12-14-28(15-13-27)22-11-7-8-18(2)19(22)3/h5-11H,4,12-17H2,1-3H3,(H,25,30)(H,26,29). The molecule has 2 N–H and O–H groups in total. The second kappa shape index (κ2) is 10.3. The van der Waals surface area contributed by atoms with Crippen LogP contribution in [0.1, 0.15) is 23.6 Å². The molecule has 0 radical (unpaired) electrons. The van der Waals surface area contributed by atoms with Crippen molar-refractivity contribution in [2.24, 2.45) is 0 Å². The average Bonchev–Trinajstić information content (AvgIpc) is 2.75. The molecular weight excluding hydrogens is 376 g/mol. The third-order valence-corrected chi connectivity index (χ3v) is 5.77. The van der Waals surface area contributed by atoms with Gasteiger partial charge in [-0.05, 0) is 49.1 Å². The number of aryl methyl sites for hydroxylation is 2. The molecule has 1 aliphatic heterocycles. The Morgan fingerprint density at radius 1 is 0.933 bits per heavy atom. The summed E-state index contributed by atoms with van der Waals surface area (Å²) in [6.45, 7) is 10.1. The molecule has 0 unspecified atom stereocenters. The summed E-state index contributed by atoms with van der Waals surface area (Å²) >= 11 is 0. The van der Waals surface area contributed by atoms with Crippen LogP contribution in [0.15, 0.2) is 42.5 Å². The van der Waals surface area contributed by atoms with E-state index >= 15 is 0 Å². The topological polar surface area (TPSA) is 64.7 Å². The Bertz CT molecular complexity index is 889. The summed E-state index contributed by atoms with van der Waals surface area (Å²) in [4.78, 5) is 29.0. The molecule has 30 heavy (non-hydrogen) atoms. The molecule has 2 amide bonds. The minimum Gasteiger partial charge on any atom is -0.369 e. The van der Waals surface area contributed by atoms with Gasteiger partial charge in [0.15, 0.2) is 0 Å². The van der Waals surface area contributed by atoms with Gasteiger partial charge in [0.2, 0.25) is 11.8 Å². The van der Waals surface area contributed by atoms with E-state index in [4.69, 9.17) is 0 Å². The van der Waals surface area contributed by atoms with E-state index < -0.39 is 0 Å². The van der Waals surface area contributed by atoms with E-state index in [2.05, 4.69) is 52.5 Å². The number of benzene rings is 2. The molecule has 1 saturated heterocycles. The maximum Gasteiger partial charge on any atom is 0.243 e. The van der Waals surface area contributed by atoms with Gasteiger partial charge < -0.3 is 15.5 Å². The van der Waals surface area contributed by atoms with Crippen molar-refractivity contribution in [3.63, 3.8) is 0 Å². The van der Waals surface area contributed by atoms with E-state index in [9.17, 15) is 9.59 Å². The molecule has 0 bridgehead atoms. The zero-order chi connectivity index (χ0) is 21.5. The van der Waals surface area contributed by atoms with Crippen molar-refractivity contribution in [3.05, 3.63) is 59.2 Å². The van der Waals surface area contributed by atoms with Crippen molar-refractivity contribution >= 4 is 23.2 Å². The molecule has 0 atom stereocenters. The van der Waals surface area contributed by atoms with Gasteiger partial charge in [-0.3, -0.25) is 14.5 Å². The van der Waals surface area contributed by atoms with Crippen LogP contribution < -0.4 is 15.5 Å².